The Bertz CT molecular complexity index is 489. The molecule has 0 aliphatic carbocycles. The average Bonchev–Trinajstić information content (AvgIpc) is 2.55. The molecular formula is C18H31N3O4. The molecule has 0 aromatic rings. The summed E-state index contributed by atoms with van der Waals surface area (Å²) in [5.74, 6) is 0.197. The number of piperidine rings is 1. The van der Waals surface area contributed by atoms with Gasteiger partial charge in [-0.15, -0.1) is 0 Å². The van der Waals surface area contributed by atoms with E-state index in [1.165, 1.54) is 0 Å². The van der Waals surface area contributed by atoms with E-state index in [4.69, 9.17) is 4.74 Å². The Morgan fingerprint density at radius 1 is 1.16 bits per heavy atom. The number of alkyl carbamates (subject to hydrolysis) is 1. The van der Waals surface area contributed by atoms with Crippen LogP contribution in [0.5, 0.6) is 0 Å². The molecule has 7 nitrogen and oxygen atoms in total. The lowest BCUT2D eigenvalue weighted by molar-refractivity contribution is -0.131. The second kappa shape index (κ2) is 10.1. The zero-order valence-electron chi connectivity index (χ0n) is 15.8. The number of nitrogens with one attached hydrogen (secondary N) is 2. The topological polar surface area (TPSA) is 87.7 Å². The SMILES string of the molecule is CC/C=C/C(=O)NCC1CCN(C(=O)CNC(=O)OC(C)(C)C)CC1. The van der Waals surface area contributed by atoms with E-state index < -0.39 is 11.7 Å². The summed E-state index contributed by atoms with van der Waals surface area (Å²) >= 11 is 0. The third-order valence-corrected chi connectivity index (χ3v) is 3.82. The molecule has 0 atom stereocenters. The van der Waals surface area contributed by atoms with Gasteiger partial charge in [0.1, 0.15) is 12.1 Å². The van der Waals surface area contributed by atoms with E-state index in [0.29, 0.717) is 25.6 Å². The van der Waals surface area contributed by atoms with E-state index in [2.05, 4.69) is 10.6 Å². The molecule has 0 radical (unpaired) electrons. The predicted molar refractivity (Wildman–Crippen MR) is 96.0 cm³/mol. The molecule has 1 fully saturated rings. The Hall–Kier alpha value is -2.05. The third kappa shape index (κ3) is 9.12. The van der Waals surface area contributed by atoms with Crippen molar-refractivity contribution in [3.05, 3.63) is 12.2 Å². The van der Waals surface area contributed by atoms with E-state index in [0.717, 1.165) is 19.3 Å². The van der Waals surface area contributed by atoms with Crippen molar-refractivity contribution in [2.45, 2.75) is 52.6 Å². The second-order valence-electron chi connectivity index (χ2n) is 7.24. The molecule has 0 aromatic heterocycles. The first kappa shape index (κ1) is 21.0. The zero-order chi connectivity index (χ0) is 18.9. The van der Waals surface area contributed by atoms with Gasteiger partial charge < -0.3 is 20.3 Å². The Balaban J connectivity index is 2.24. The van der Waals surface area contributed by atoms with Gasteiger partial charge in [-0.1, -0.05) is 13.0 Å². The lowest BCUT2D eigenvalue weighted by Gasteiger charge is -2.32. The van der Waals surface area contributed by atoms with Gasteiger partial charge in [-0.2, -0.15) is 0 Å². The maximum Gasteiger partial charge on any atom is 0.408 e. The Labute approximate surface area is 150 Å². The number of hydrogen-bond donors (Lipinski definition) is 2. The quantitative estimate of drug-likeness (QED) is 0.713. The van der Waals surface area contributed by atoms with E-state index in [1.807, 2.05) is 13.0 Å². The fourth-order valence-electron chi connectivity index (χ4n) is 2.49. The molecule has 0 unspecified atom stereocenters. The number of carbonyl (C=O) groups is 3. The highest BCUT2D eigenvalue weighted by Gasteiger charge is 2.24. The fraction of sp³-hybridized carbons (Fsp3) is 0.722. The van der Waals surface area contributed by atoms with Gasteiger partial charge in [0.05, 0.1) is 0 Å². The summed E-state index contributed by atoms with van der Waals surface area (Å²) < 4.78 is 5.11. The molecule has 3 amide bonds. The molecule has 1 saturated heterocycles. The summed E-state index contributed by atoms with van der Waals surface area (Å²) in [5, 5.41) is 5.38. The molecule has 0 aromatic carbocycles. The van der Waals surface area contributed by atoms with Gasteiger partial charge in [-0.05, 0) is 52.0 Å². The van der Waals surface area contributed by atoms with Crippen LogP contribution in [0.1, 0.15) is 47.0 Å². The smallest absolute Gasteiger partial charge is 0.408 e. The van der Waals surface area contributed by atoms with Crippen LogP contribution in [0.15, 0.2) is 12.2 Å². The zero-order valence-corrected chi connectivity index (χ0v) is 15.8. The first-order valence-corrected chi connectivity index (χ1v) is 8.90. The van der Waals surface area contributed by atoms with Gasteiger partial charge in [0.2, 0.25) is 11.8 Å². The molecular weight excluding hydrogens is 322 g/mol. The van der Waals surface area contributed by atoms with Crippen LogP contribution in [-0.2, 0) is 14.3 Å². The van der Waals surface area contributed by atoms with Crippen molar-refractivity contribution in [1.29, 1.82) is 0 Å². The largest absolute Gasteiger partial charge is 0.444 e. The molecule has 1 aliphatic rings. The van der Waals surface area contributed by atoms with Gasteiger partial charge in [-0.3, -0.25) is 9.59 Å². The van der Waals surface area contributed by atoms with Crippen LogP contribution < -0.4 is 10.6 Å². The van der Waals surface area contributed by atoms with Crippen LogP contribution in [0.25, 0.3) is 0 Å². The van der Waals surface area contributed by atoms with E-state index in [-0.39, 0.29) is 18.4 Å². The van der Waals surface area contributed by atoms with Crippen molar-refractivity contribution in [3.63, 3.8) is 0 Å². The van der Waals surface area contributed by atoms with E-state index in [1.54, 1.807) is 31.7 Å². The highest BCUT2D eigenvalue weighted by molar-refractivity contribution is 5.87. The molecule has 1 rings (SSSR count). The lowest BCUT2D eigenvalue weighted by Crippen LogP contribution is -2.46. The Kier molecular flexibility index (Phi) is 8.45. The van der Waals surface area contributed by atoms with Crippen LogP contribution in [0.4, 0.5) is 4.79 Å². The molecule has 2 N–H and O–H groups in total. The minimum absolute atomic E-state index is 0.0574. The van der Waals surface area contributed by atoms with E-state index in [9.17, 15) is 14.4 Å². The van der Waals surface area contributed by atoms with Crippen molar-refractivity contribution in [2.24, 2.45) is 5.92 Å². The number of nitrogens with zero attached hydrogens (tertiary/aromatic N) is 1. The maximum absolute atomic E-state index is 12.1. The lowest BCUT2D eigenvalue weighted by atomic mass is 9.96. The normalized spacial score (nSPS) is 15.9. The van der Waals surface area contributed by atoms with Gasteiger partial charge in [0, 0.05) is 19.6 Å². The summed E-state index contributed by atoms with van der Waals surface area (Å²) in [7, 11) is 0. The number of ether oxygens (including phenoxy) is 1. The highest BCUT2D eigenvalue weighted by atomic mass is 16.6. The van der Waals surface area contributed by atoms with Crippen LogP contribution in [0.3, 0.4) is 0 Å². The summed E-state index contributed by atoms with van der Waals surface area (Å²) in [6.07, 6.45) is 5.32. The molecule has 0 bridgehead atoms. The summed E-state index contributed by atoms with van der Waals surface area (Å²) in [5.41, 5.74) is -0.581. The van der Waals surface area contributed by atoms with Crippen molar-refractivity contribution in [2.75, 3.05) is 26.2 Å². The number of hydrogen-bond acceptors (Lipinski definition) is 4. The molecule has 142 valence electrons. The first-order valence-electron chi connectivity index (χ1n) is 8.90. The highest BCUT2D eigenvalue weighted by Crippen LogP contribution is 2.16. The minimum Gasteiger partial charge on any atom is -0.444 e. The Morgan fingerprint density at radius 2 is 1.80 bits per heavy atom. The number of carbonyl (C=O) groups excluding carboxylic acids is 3. The van der Waals surface area contributed by atoms with Crippen molar-refractivity contribution in [3.8, 4) is 0 Å². The van der Waals surface area contributed by atoms with E-state index >= 15 is 0 Å². The number of amides is 3. The predicted octanol–water partition coefficient (Wildman–Crippen LogP) is 1.83. The van der Waals surface area contributed by atoms with Crippen LogP contribution in [-0.4, -0.2) is 54.6 Å². The van der Waals surface area contributed by atoms with Gasteiger partial charge in [-0.25, -0.2) is 4.79 Å². The average molecular weight is 353 g/mol. The van der Waals surface area contributed by atoms with Crippen LogP contribution >= 0.6 is 0 Å². The van der Waals surface area contributed by atoms with Crippen molar-refractivity contribution in [1.82, 2.24) is 15.5 Å². The van der Waals surface area contributed by atoms with Crippen LogP contribution in [0.2, 0.25) is 0 Å². The number of likely N-dealkylation sites (tertiary alicyclic amines) is 1. The summed E-state index contributed by atoms with van der Waals surface area (Å²) in [6, 6.07) is 0. The monoisotopic (exact) mass is 353 g/mol. The summed E-state index contributed by atoms with van der Waals surface area (Å²) in [6.45, 7) is 9.15. The second-order valence-corrected chi connectivity index (χ2v) is 7.24. The number of allylic oxidation sites excluding steroid dienone is 1. The molecule has 0 saturated carbocycles. The van der Waals surface area contributed by atoms with Gasteiger partial charge in [0.15, 0.2) is 0 Å². The fourth-order valence-corrected chi connectivity index (χ4v) is 2.49. The van der Waals surface area contributed by atoms with Crippen LogP contribution in [0, 0.1) is 5.92 Å². The molecule has 7 heteroatoms. The maximum atomic E-state index is 12.1. The molecule has 1 heterocycles. The van der Waals surface area contributed by atoms with Crippen molar-refractivity contribution >= 4 is 17.9 Å². The van der Waals surface area contributed by atoms with Gasteiger partial charge in [0.25, 0.3) is 0 Å². The standard InChI is InChI=1S/C18H31N3O4/c1-5-6-7-15(22)19-12-14-8-10-21(11-9-14)16(23)13-20-17(24)25-18(2,3)4/h6-7,14H,5,8-13H2,1-4H3,(H,19,22)(H,20,24)/b7-6+. The molecule has 0 spiro atoms. The summed E-state index contributed by atoms with van der Waals surface area (Å²) in [4.78, 5) is 37.0. The third-order valence-electron chi connectivity index (χ3n) is 3.82. The minimum atomic E-state index is -0.585. The Morgan fingerprint density at radius 3 is 2.36 bits per heavy atom. The first-order chi connectivity index (χ1) is 11.7. The number of rotatable bonds is 6. The molecule has 1 aliphatic heterocycles. The van der Waals surface area contributed by atoms with Crippen molar-refractivity contribution < 1.29 is 19.1 Å². The molecule has 25 heavy (non-hydrogen) atoms. The van der Waals surface area contributed by atoms with Gasteiger partial charge >= 0.3 is 6.09 Å².